The van der Waals surface area contributed by atoms with Crippen LogP contribution in [0, 0.1) is 0 Å². The van der Waals surface area contributed by atoms with E-state index in [0.29, 0.717) is 0 Å². The maximum Gasteiger partial charge on any atom is 0.303 e. The maximum absolute atomic E-state index is 12.7. The van der Waals surface area contributed by atoms with Crippen LogP contribution in [-0.4, -0.2) is 36.5 Å². The lowest BCUT2D eigenvalue weighted by Gasteiger charge is -2.22. The van der Waals surface area contributed by atoms with Gasteiger partial charge in [-0.05, 0) is 12.8 Å². The molecule has 0 aromatic carbocycles. The van der Waals surface area contributed by atoms with E-state index in [-0.39, 0.29) is 18.5 Å². The summed E-state index contributed by atoms with van der Waals surface area (Å²) >= 11 is 0. The molecular formula is C40H79NO3. The molecule has 262 valence electrons. The van der Waals surface area contributed by atoms with Gasteiger partial charge in [0.1, 0.15) is 0 Å². The van der Waals surface area contributed by atoms with Gasteiger partial charge in [-0.3, -0.25) is 9.59 Å². The SMILES string of the molecule is CCCCCCCCCCCCCCCCCCN(CCCCCCCCCCCCCCCCCC)C(=O)COC(C)=O. The van der Waals surface area contributed by atoms with Gasteiger partial charge in [0.05, 0.1) is 0 Å². The highest BCUT2D eigenvalue weighted by Gasteiger charge is 2.14. The summed E-state index contributed by atoms with van der Waals surface area (Å²) in [5, 5.41) is 0. The molecule has 4 heteroatoms. The average molecular weight is 622 g/mol. The van der Waals surface area contributed by atoms with Gasteiger partial charge in [0.25, 0.3) is 5.91 Å². The molecule has 0 fully saturated rings. The van der Waals surface area contributed by atoms with Gasteiger partial charge in [-0.25, -0.2) is 0 Å². The molecule has 0 saturated heterocycles. The first-order chi connectivity index (χ1) is 21.6. The molecule has 0 atom stereocenters. The van der Waals surface area contributed by atoms with Gasteiger partial charge in [0, 0.05) is 20.0 Å². The predicted molar refractivity (Wildman–Crippen MR) is 192 cm³/mol. The molecule has 0 aliphatic rings. The lowest BCUT2D eigenvalue weighted by Crippen LogP contribution is -2.36. The third-order valence-electron chi connectivity index (χ3n) is 9.31. The smallest absolute Gasteiger partial charge is 0.303 e. The van der Waals surface area contributed by atoms with Crippen LogP contribution in [0.25, 0.3) is 0 Å². The number of esters is 1. The Labute approximate surface area is 276 Å². The monoisotopic (exact) mass is 622 g/mol. The number of carbonyl (C=O) groups is 2. The second-order valence-corrected chi connectivity index (χ2v) is 13.8. The summed E-state index contributed by atoms with van der Waals surface area (Å²) in [5.41, 5.74) is 0. The lowest BCUT2D eigenvalue weighted by atomic mass is 10.0. The molecule has 0 saturated carbocycles. The molecule has 0 rings (SSSR count). The van der Waals surface area contributed by atoms with Crippen molar-refractivity contribution >= 4 is 11.9 Å². The molecule has 0 aromatic heterocycles. The first-order valence-corrected chi connectivity index (χ1v) is 20.0. The average Bonchev–Trinajstić information content (AvgIpc) is 3.02. The van der Waals surface area contributed by atoms with Crippen molar-refractivity contribution in [2.45, 2.75) is 226 Å². The summed E-state index contributed by atoms with van der Waals surface area (Å²) in [6.45, 7) is 7.45. The highest BCUT2D eigenvalue weighted by atomic mass is 16.5. The Morgan fingerprint density at radius 3 is 0.841 bits per heavy atom. The van der Waals surface area contributed by atoms with Gasteiger partial charge in [0.2, 0.25) is 0 Å². The Kier molecular flexibility index (Phi) is 35.5. The van der Waals surface area contributed by atoms with E-state index in [0.717, 1.165) is 25.9 Å². The Bertz CT molecular complexity index is 557. The molecule has 4 nitrogen and oxygen atoms in total. The summed E-state index contributed by atoms with van der Waals surface area (Å²) in [4.78, 5) is 25.8. The Morgan fingerprint density at radius 1 is 0.386 bits per heavy atom. The van der Waals surface area contributed by atoms with E-state index >= 15 is 0 Å². The Hall–Kier alpha value is -1.06. The van der Waals surface area contributed by atoms with E-state index in [1.54, 1.807) is 0 Å². The molecule has 0 unspecified atom stereocenters. The van der Waals surface area contributed by atoms with Crippen LogP contribution < -0.4 is 0 Å². The van der Waals surface area contributed by atoms with E-state index in [2.05, 4.69) is 13.8 Å². The first-order valence-electron chi connectivity index (χ1n) is 20.0. The topological polar surface area (TPSA) is 46.6 Å². The molecule has 0 spiro atoms. The Morgan fingerprint density at radius 2 is 0.614 bits per heavy atom. The van der Waals surface area contributed by atoms with Gasteiger partial charge >= 0.3 is 5.97 Å². The van der Waals surface area contributed by atoms with Gasteiger partial charge < -0.3 is 9.64 Å². The summed E-state index contributed by atoms with van der Waals surface area (Å²) < 4.78 is 5.02. The third-order valence-corrected chi connectivity index (χ3v) is 9.31. The Balaban J connectivity index is 3.75. The minimum atomic E-state index is -0.372. The molecule has 0 aliphatic carbocycles. The van der Waals surface area contributed by atoms with Crippen molar-refractivity contribution in [3.05, 3.63) is 0 Å². The molecule has 1 amide bonds. The van der Waals surface area contributed by atoms with Crippen LogP contribution in [0.4, 0.5) is 0 Å². The van der Waals surface area contributed by atoms with Crippen molar-refractivity contribution in [3.63, 3.8) is 0 Å². The van der Waals surface area contributed by atoms with Crippen LogP contribution in [0.2, 0.25) is 0 Å². The van der Waals surface area contributed by atoms with Crippen LogP contribution in [-0.2, 0) is 14.3 Å². The molecule has 0 N–H and O–H groups in total. The number of hydrogen-bond acceptors (Lipinski definition) is 3. The summed E-state index contributed by atoms with van der Waals surface area (Å²) in [5.74, 6) is -0.398. The predicted octanol–water partition coefficient (Wildman–Crippen LogP) is 12.9. The maximum atomic E-state index is 12.7. The van der Waals surface area contributed by atoms with Crippen LogP contribution in [0.1, 0.15) is 226 Å². The minimum absolute atomic E-state index is 0.0258. The number of ether oxygens (including phenoxy) is 1. The summed E-state index contributed by atoms with van der Waals surface area (Å²) in [6.07, 6.45) is 43.4. The summed E-state index contributed by atoms with van der Waals surface area (Å²) in [6, 6.07) is 0. The van der Waals surface area contributed by atoms with Gasteiger partial charge in [-0.2, -0.15) is 0 Å². The van der Waals surface area contributed by atoms with E-state index in [1.807, 2.05) is 4.90 Å². The van der Waals surface area contributed by atoms with Crippen molar-refractivity contribution in [2.75, 3.05) is 19.7 Å². The molecular weight excluding hydrogens is 542 g/mol. The molecule has 0 radical (unpaired) electrons. The number of unbranched alkanes of at least 4 members (excludes halogenated alkanes) is 30. The minimum Gasteiger partial charge on any atom is -0.456 e. The van der Waals surface area contributed by atoms with Crippen LogP contribution >= 0.6 is 0 Å². The molecule has 44 heavy (non-hydrogen) atoms. The second-order valence-electron chi connectivity index (χ2n) is 13.8. The van der Waals surface area contributed by atoms with Gasteiger partial charge in [-0.15, -0.1) is 0 Å². The number of hydrogen-bond donors (Lipinski definition) is 0. The molecule has 0 heterocycles. The van der Waals surface area contributed by atoms with Crippen LogP contribution in [0.5, 0.6) is 0 Å². The van der Waals surface area contributed by atoms with E-state index in [4.69, 9.17) is 4.74 Å². The quantitative estimate of drug-likeness (QED) is 0.0516. The number of amides is 1. The first kappa shape index (κ1) is 42.9. The van der Waals surface area contributed by atoms with Crippen molar-refractivity contribution in [1.29, 1.82) is 0 Å². The lowest BCUT2D eigenvalue weighted by molar-refractivity contribution is -0.150. The van der Waals surface area contributed by atoms with E-state index in [9.17, 15) is 9.59 Å². The van der Waals surface area contributed by atoms with Gasteiger partial charge in [-0.1, -0.05) is 206 Å². The van der Waals surface area contributed by atoms with Crippen molar-refractivity contribution in [1.82, 2.24) is 4.90 Å². The van der Waals surface area contributed by atoms with Gasteiger partial charge in [0.15, 0.2) is 6.61 Å². The second kappa shape index (κ2) is 36.4. The van der Waals surface area contributed by atoms with Crippen molar-refractivity contribution in [3.8, 4) is 0 Å². The van der Waals surface area contributed by atoms with Crippen LogP contribution in [0.15, 0.2) is 0 Å². The highest BCUT2D eigenvalue weighted by Crippen LogP contribution is 2.16. The van der Waals surface area contributed by atoms with Crippen molar-refractivity contribution < 1.29 is 14.3 Å². The van der Waals surface area contributed by atoms with E-state index < -0.39 is 0 Å². The zero-order chi connectivity index (χ0) is 32.2. The van der Waals surface area contributed by atoms with Crippen molar-refractivity contribution in [2.24, 2.45) is 0 Å². The highest BCUT2D eigenvalue weighted by molar-refractivity contribution is 5.80. The third kappa shape index (κ3) is 33.8. The fourth-order valence-corrected chi connectivity index (χ4v) is 6.32. The molecule has 0 aliphatic heterocycles. The largest absolute Gasteiger partial charge is 0.456 e. The normalized spacial score (nSPS) is 11.2. The number of carbonyl (C=O) groups excluding carboxylic acids is 2. The van der Waals surface area contributed by atoms with E-state index in [1.165, 1.54) is 200 Å². The number of nitrogens with zero attached hydrogens (tertiary/aromatic N) is 1. The fourth-order valence-electron chi connectivity index (χ4n) is 6.32. The zero-order valence-electron chi connectivity index (χ0n) is 30.4. The standard InChI is InChI=1S/C40H79NO3/c1-4-6-8-10-12-14-16-18-20-22-24-26-28-30-32-34-36-41(40(43)38-44-39(3)42)37-35-33-31-29-27-25-23-21-19-17-15-13-11-9-7-5-2/h4-38H2,1-3H3. The summed E-state index contributed by atoms with van der Waals surface area (Å²) in [7, 11) is 0. The van der Waals surface area contributed by atoms with Crippen LogP contribution in [0.3, 0.4) is 0 Å². The molecule has 0 bridgehead atoms. The zero-order valence-corrected chi connectivity index (χ0v) is 30.4. The number of rotatable bonds is 36. The fraction of sp³-hybridized carbons (Fsp3) is 0.950. The molecule has 0 aromatic rings.